The van der Waals surface area contributed by atoms with Crippen molar-refractivity contribution in [3.8, 4) is 5.75 Å². The Balaban J connectivity index is 2.32. The maximum atomic E-state index is 11.7. The predicted molar refractivity (Wildman–Crippen MR) is 80.2 cm³/mol. The third-order valence-corrected chi connectivity index (χ3v) is 3.88. The van der Waals surface area contributed by atoms with Gasteiger partial charge in [-0.1, -0.05) is 35.8 Å². The van der Waals surface area contributed by atoms with E-state index in [0.717, 1.165) is 23.4 Å². The van der Waals surface area contributed by atoms with Crippen molar-refractivity contribution in [3.63, 3.8) is 0 Å². The smallest absolute Gasteiger partial charge is 0.264 e. The molecule has 0 saturated heterocycles. The van der Waals surface area contributed by atoms with Crippen molar-refractivity contribution >= 4 is 27.5 Å². The number of halogens is 1. The maximum absolute atomic E-state index is 11.7. The van der Waals surface area contributed by atoms with E-state index in [1.807, 2.05) is 12.1 Å². The quantitative estimate of drug-likeness (QED) is 0.681. The number of carbonyl (C=O) groups is 1. The van der Waals surface area contributed by atoms with Gasteiger partial charge in [0.15, 0.2) is 6.61 Å². The summed E-state index contributed by atoms with van der Waals surface area (Å²) >= 11 is 3.37. The predicted octanol–water partition coefficient (Wildman–Crippen LogP) is 2.26. The van der Waals surface area contributed by atoms with E-state index in [2.05, 4.69) is 41.2 Å². The van der Waals surface area contributed by atoms with Crippen molar-refractivity contribution in [1.82, 2.24) is 5.32 Å². The molecule has 1 N–H and O–H groups in total. The van der Waals surface area contributed by atoms with Crippen LogP contribution >= 0.6 is 15.9 Å². The van der Waals surface area contributed by atoms with Gasteiger partial charge >= 0.3 is 0 Å². The zero-order chi connectivity index (χ0) is 14.0. The molecule has 5 heteroatoms. The van der Waals surface area contributed by atoms with Crippen molar-refractivity contribution < 1.29 is 9.53 Å². The van der Waals surface area contributed by atoms with E-state index in [1.54, 1.807) is 11.9 Å². The van der Waals surface area contributed by atoms with Gasteiger partial charge in [0, 0.05) is 19.0 Å². The molecule has 1 heterocycles. The van der Waals surface area contributed by atoms with Crippen LogP contribution in [0.5, 0.6) is 5.75 Å². The fourth-order valence-corrected chi connectivity index (χ4v) is 2.35. The minimum atomic E-state index is -0.0129. The van der Waals surface area contributed by atoms with Gasteiger partial charge in [-0.15, -0.1) is 0 Å². The van der Waals surface area contributed by atoms with Crippen LogP contribution < -0.4 is 15.0 Å². The molecule has 1 aromatic rings. The lowest BCUT2D eigenvalue weighted by Crippen LogP contribution is -2.36. The highest BCUT2D eigenvalue weighted by atomic mass is 79.9. The van der Waals surface area contributed by atoms with Crippen LogP contribution in [0.1, 0.15) is 19.4 Å². The number of ether oxygens (including phenoxy) is 1. The summed E-state index contributed by atoms with van der Waals surface area (Å²) in [6.07, 6.45) is 0. The molecule has 0 aliphatic carbocycles. The molecule has 0 saturated carbocycles. The first-order valence-electron chi connectivity index (χ1n) is 6.26. The molecule has 0 atom stereocenters. The lowest BCUT2D eigenvalue weighted by Gasteiger charge is -2.30. The highest BCUT2D eigenvalue weighted by Crippen LogP contribution is 2.35. The van der Waals surface area contributed by atoms with Crippen LogP contribution in [0.15, 0.2) is 18.2 Å². The normalized spacial score (nSPS) is 15.2. The summed E-state index contributed by atoms with van der Waals surface area (Å²) in [7, 11) is 1.79. The van der Waals surface area contributed by atoms with Crippen LogP contribution in [0, 0.1) is 0 Å². The molecule has 1 aliphatic rings. The molecule has 4 nitrogen and oxygen atoms in total. The van der Waals surface area contributed by atoms with E-state index in [0.29, 0.717) is 0 Å². The van der Waals surface area contributed by atoms with E-state index in [-0.39, 0.29) is 17.9 Å². The summed E-state index contributed by atoms with van der Waals surface area (Å²) in [4.78, 5) is 13.3. The van der Waals surface area contributed by atoms with Crippen molar-refractivity contribution in [2.75, 3.05) is 30.6 Å². The Bertz CT molecular complexity index is 488. The first kappa shape index (κ1) is 14.3. The van der Waals surface area contributed by atoms with Gasteiger partial charge in [-0.2, -0.15) is 0 Å². The Morgan fingerprint density at radius 3 is 2.89 bits per heavy atom. The van der Waals surface area contributed by atoms with Gasteiger partial charge in [-0.05, 0) is 17.7 Å². The van der Waals surface area contributed by atoms with Crippen LogP contribution in [-0.2, 0) is 10.2 Å². The highest BCUT2D eigenvalue weighted by Gasteiger charge is 2.26. The topological polar surface area (TPSA) is 41.6 Å². The van der Waals surface area contributed by atoms with E-state index in [4.69, 9.17) is 4.74 Å². The van der Waals surface area contributed by atoms with Crippen LogP contribution in [0.25, 0.3) is 0 Å². The van der Waals surface area contributed by atoms with Crippen LogP contribution in [0.4, 0.5) is 5.69 Å². The monoisotopic (exact) mass is 326 g/mol. The second-order valence-electron chi connectivity index (χ2n) is 5.37. The molecule has 0 spiro atoms. The summed E-state index contributed by atoms with van der Waals surface area (Å²) in [5, 5.41) is 3.29. The number of carbonyl (C=O) groups excluding carboxylic acids is 1. The Labute approximate surface area is 122 Å². The Kier molecular flexibility index (Phi) is 4.16. The first-order chi connectivity index (χ1) is 8.95. The maximum Gasteiger partial charge on any atom is 0.264 e. The minimum Gasteiger partial charge on any atom is -0.482 e. The molecular formula is C14H19BrN2O2. The molecule has 0 fully saturated rings. The third kappa shape index (κ3) is 2.92. The summed E-state index contributed by atoms with van der Waals surface area (Å²) in [5.74, 6) is 0.760. The van der Waals surface area contributed by atoms with Crippen molar-refractivity contribution in [2.45, 2.75) is 19.3 Å². The second-order valence-corrected chi connectivity index (χ2v) is 5.93. The lowest BCUT2D eigenvalue weighted by molar-refractivity contribution is -0.120. The average Bonchev–Trinajstić information content (AvgIpc) is 2.40. The number of hydrogen-bond donors (Lipinski definition) is 1. The lowest BCUT2D eigenvalue weighted by atomic mass is 9.84. The van der Waals surface area contributed by atoms with Crippen LogP contribution in [-0.4, -0.2) is 31.6 Å². The van der Waals surface area contributed by atoms with Crippen LogP contribution in [0.3, 0.4) is 0 Å². The summed E-state index contributed by atoms with van der Waals surface area (Å²) in [6, 6.07) is 6.06. The van der Waals surface area contributed by atoms with Gasteiger partial charge in [0.1, 0.15) is 5.75 Å². The fourth-order valence-electron chi connectivity index (χ4n) is 2.15. The number of hydrogen-bond acceptors (Lipinski definition) is 3. The Morgan fingerprint density at radius 2 is 2.21 bits per heavy atom. The molecule has 0 bridgehead atoms. The summed E-state index contributed by atoms with van der Waals surface area (Å²) in [5.41, 5.74) is 2.79. The van der Waals surface area contributed by atoms with Gasteiger partial charge in [-0.25, -0.2) is 0 Å². The number of anilines is 1. The molecule has 0 aromatic heterocycles. The summed E-state index contributed by atoms with van der Waals surface area (Å²) in [6.45, 7) is 5.33. The zero-order valence-corrected chi connectivity index (χ0v) is 13.1. The summed E-state index contributed by atoms with van der Waals surface area (Å²) < 4.78 is 5.44. The van der Waals surface area contributed by atoms with Crippen molar-refractivity contribution in [1.29, 1.82) is 0 Å². The van der Waals surface area contributed by atoms with Gasteiger partial charge in [0.05, 0.1) is 11.1 Å². The molecule has 19 heavy (non-hydrogen) atoms. The SMILES string of the molecule is CN1C(=O)COc2ccc(C(C)(C)CNCBr)cc21. The second kappa shape index (κ2) is 5.51. The minimum absolute atomic E-state index is 0.00979. The largest absolute Gasteiger partial charge is 0.482 e. The molecule has 0 unspecified atom stereocenters. The van der Waals surface area contributed by atoms with E-state index < -0.39 is 0 Å². The van der Waals surface area contributed by atoms with Crippen molar-refractivity contribution in [3.05, 3.63) is 23.8 Å². The van der Waals surface area contributed by atoms with Gasteiger partial charge < -0.3 is 15.0 Å². The fraction of sp³-hybridized carbons (Fsp3) is 0.500. The number of amides is 1. The van der Waals surface area contributed by atoms with E-state index in [1.165, 1.54) is 5.56 Å². The van der Waals surface area contributed by atoms with Gasteiger partial charge in [0.2, 0.25) is 0 Å². The number of nitrogens with one attached hydrogen (secondary N) is 1. The van der Waals surface area contributed by atoms with Gasteiger partial charge in [-0.3, -0.25) is 4.79 Å². The molecule has 0 radical (unpaired) electrons. The number of alkyl halides is 1. The van der Waals surface area contributed by atoms with E-state index >= 15 is 0 Å². The molecule has 1 amide bonds. The Hall–Kier alpha value is -1.07. The number of fused-ring (bicyclic) bond motifs is 1. The average molecular weight is 327 g/mol. The molecule has 1 aliphatic heterocycles. The number of rotatable bonds is 4. The Morgan fingerprint density at radius 1 is 1.47 bits per heavy atom. The number of likely N-dealkylation sites (N-methyl/N-ethyl adjacent to an activating group) is 1. The first-order valence-corrected chi connectivity index (χ1v) is 7.38. The molecule has 104 valence electrons. The zero-order valence-electron chi connectivity index (χ0n) is 11.5. The molecule has 2 rings (SSSR count). The van der Waals surface area contributed by atoms with Crippen molar-refractivity contribution in [2.24, 2.45) is 0 Å². The third-order valence-electron chi connectivity index (χ3n) is 3.49. The molecular weight excluding hydrogens is 308 g/mol. The van der Waals surface area contributed by atoms with Gasteiger partial charge in [0.25, 0.3) is 5.91 Å². The number of nitrogens with zero attached hydrogens (tertiary/aromatic N) is 1. The number of benzene rings is 1. The highest BCUT2D eigenvalue weighted by molar-refractivity contribution is 9.09. The van der Waals surface area contributed by atoms with E-state index in [9.17, 15) is 4.79 Å². The van der Waals surface area contributed by atoms with Crippen LogP contribution in [0.2, 0.25) is 0 Å². The standard InChI is InChI=1S/C14H19BrN2O2/c1-14(2,8-16-9-15)10-4-5-12-11(6-10)17(3)13(18)7-19-12/h4-6,16H,7-9H2,1-3H3. The molecule has 1 aromatic carbocycles.